The Bertz CT molecular complexity index is 117. The second-order valence-electron chi connectivity index (χ2n) is 4.22. The third kappa shape index (κ3) is 12.7. The Morgan fingerprint density at radius 2 is 1.25 bits per heavy atom. The van der Waals surface area contributed by atoms with E-state index in [1.54, 1.807) is 0 Å². The number of rotatable bonds is 12. The van der Waals surface area contributed by atoms with Crippen molar-refractivity contribution < 1.29 is 5.11 Å². The van der Waals surface area contributed by atoms with Crippen molar-refractivity contribution in [3.05, 3.63) is 0 Å². The third-order valence-corrected chi connectivity index (χ3v) is 4.80. The minimum Gasteiger partial charge on any atom is -0.391 e. The monoisotopic (exact) mass is 264 g/mol. The molecule has 0 aromatic carbocycles. The molecule has 0 heterocycles. The molecule has 0 aliphatic carbocycles. The van der Waals surface area contributed by atoms with Gasteiger partial charge in [0.25, 0.3) is 0 Å². The molecule has 3 heteroatoms. The van der Waals surface area contributed by atoms with Crippen LogP contribution < -0.4 is 0 Å². The highest BCUT2D eigenvalue weighted by Crippen LogP contribution is 2.12. The topological polar surface area (TPSA) is 20.2 Å². The first-order valence-corrected chi connectivity index (χ1v) is 8.95. The van der Waals surface area contributed by atoms with E-state index in [1.165, 1.54) is 50.0 Å². The van der Waals surface area contributed by atoms with Gasteiger partial charge in [0, 0.05) is 11.5 Å². The van der Waals surface area contributed by atoms with Gasteiger partial charge in [0.05, 0.1) is 6.10 Å². The highest BCUT2D eigenvalue weighted by Gasteiger charge is 2.03. The number of unbranched alkanes of at least 4 members (excludes halogenated alkanes) is 4. The molecule has 0 aromatic heterocycles. The minimum atomic E-state index is -0.0988. The highest BCUT2D eigenvalue weighted by molar-refractivity contribution is 8.00. The molecule has 0 saturated carbocycles. The fourth-order valence-corrected chi connectivity index (χ4v) is 3.47. The van der Waals surface area contributed by atoms with Gasteiger partial charge in [0.15, 0.2) is 0 Å². The van der Waals surface area contributed by atoms with Crippen LogP contribution in [0.2, 0.25) is 0 Å². The van der Waals surface area contributed by atoms with Gasteiger partial charge in [-0.3, -0.25) is 0 Å². The van der Waals surface area contributed by atoms with E-state index >= 15 is 0 Å². The van der Waals surface area contributed by atoms with Crippen LogP contribution in [0, 0.1) is 0 Å². The average Bonchev–Trinajstić information content (AvgIpc) is 2.28. The van der Waals surface area contributed by atoms with Crippen molar-refractivity contribution in [2.75, 3.05) is 23.0 Å². The molecular formula is C13H28OS2. The quantitative estimate of drug-likeness (QED) is 0.534. The van der Waals surface area contributed by atoms with Crippen molar-refractivity contribution in [3.63, 3.8) is 0 Å². The average molecular weight is 264 g/mol. The Hall–Kier alpha value is 0.660. The van der Waals surface area contributed by atoms with Crippen LogP contribution in [0.1, 0.15) is 52.4 Å². The van der Waals surface area contributed by atoms with Crippen molar-refractivity contribution in [1.82, 2.24) is 0 Å². The molecule has 1 nitrogen and oxygen atoms in total. The molecule has 0 spiro atoms. The Kier molecular flexibility index (Phi) is 14.3. The predicted octanol–water partition coefficient (Wildman–Crippen LogP) is 4.19. The van der Waals surface area contributed by atoms with Crippen LogP contribution in [-0.4, -0.2) is 34.2 Å². The van der Waals surface area contributed by atoms with Crippen LogP contribution in [0.3, 0.4) is 0 Å². The van der Waals surface area contributed by atoms with Gasteiger partial charge in [-0.15, -0.1) is 0 Å². The molecular weight excluding hydrogens is 236 g/mol. The molecule has 1 N–H and O–H groups in total. The van der Waals surface area contributed by atoms with Crippen LogP contribution >= 0.6 is 23.5 Å². The smallest absolute Gasteiger partial charge is 0.0720 e. The lowest BCUT2D eigenvalue weighted by atomic mass is 10.3. The van der Waals surface area contributed by atoms with Crippen molar-refractivity contribution in [3.8, 4) is 0 Å². The predicted molar refractivity (Wildman–Crippen MR) is 79.7 cm³/mol. The summed E-state index contributed by atoms with van der Waals surface area (Å²) < 4.78 is 0. The van der Waals surface area contributed by atoms with Gasteiger partial charge in [-0.05, 0) is 24.3 Å². The van der Waals surface area contributed by atoms with E-state index in [9.17, 15) is 5.11 Å². The second kappa shape index (κ2) is 13.7. The molecule has 0 atom stereocenters. The minimum absolute atomic E-state index is 0.0988. The number of aliphatic hydroxyl groups is 1. The van der Waals surface area contributed by atoms with Crippen LogP contribution in [0.15, 0.2) is 0 Å². The number of aliphatic hydroxyl groups excluding tert-OH is 1. The van der Waals surface area contributed by atoms with E-state index < -0.39 is 0 Å². The molecule has 0 rings (SSSR count). The molecule has 0 radical (unpaired) electrons. The summed E-state index contributed by atoms with van der Waals surface area (Å²) in [6, 6.07) is 0. The van der Waals surface area contributed by atoms with Gasteiger partial charge in [0.2, 0.25) is 0 Å². The molecule has 0 amide bonds. The second-order valence-corrected chi connectivity index (χ2v) is 6.52. The van der Waals surface area contributed by atoms with Crippen LogP contribution in [-0.2, 0) is 0 Å². The first-order chi connectivity index (χ1) is 7.81. The summed E-state index contributed by atoms with van der Waals surface area (Å²) in [5.74, 6) is 4.27. The first-order valence-electron chi connectivity index (χ1n) is 6.64. The van der Waals surface area contributed by atoms with Gasteiger partial charge in [-0.25, -0.2) is 0 Å². The standard InChI is InChI=1S/C13H28OS2/c1-3-5-7-9-15-11-13(14)12-16-10-8-6-4-2/h13-14H,3-12H2,1-2H3. The number of hydrogen-bond donors (Lipinski definition) is 1. The molecule has 0 aromatic rings. The zero-order chi connectivity index (χ0) is 12.1. The maximum Gasteiger partial charge on any atom is 0.0720 e. The van der Waals surface area contributed by atoms with Gasteiger partial charge in [-0.1, -0.05) is 39.5 Å². The number of thioether (sulfide) groups is 2. The molecule has 0 unspecified atom stereocenters. The SMILES string of the molecule is CCCCCSCC(O)CSCCCCC. The Morgan fingerprint density at radius 1 is 0.812 bits per heavy atom. The summed E-state index contributed by atoms with van der Waals surface area (Å²) in [5.41, 5.74) is 0. The fraction of sp³-hybridized carbons (Fsp3) is 1.00. The van der Waals surface area contributed by atoms with Crippen LogP contribution in [0.5, 0.6) is 0 Å². The van der Waals surface area contributed by atoms with E-state index in [0.29, 0.717) is 0 Å². The lowest BCUT2D eigenvalue weighted by Crippen LogP contribution is -2.13. The zero-order valence-electron chi connectivity index (χ0n) is 10.9. The van der Waals surface area contributed by atoms with Crippen LogP contribution in [0.25, 0.3) is 0 Å². The lowest BCUT2D eigenvalue weighted by molar-refractivity contribution is 0.225. The van der Waals surface area contributed by atoms with E-state index in [2.05, 4.69) is 13.8 Å². The summed E-state index contributed by atoms with van der Waals surface area (Å²) in [6.07, 6.45) is 7.74. The van der Waals surface area contributed by atoms with E-state index in [4.69, 9.17) is 0 Å². The van der Waals surface area contributed by atoms with Gasteiger partial charge in [0.1, 0.15) is 0 Å². The summed E-state index contributed by atoms with van der Waals surface area (Å²) in [6.45, 7) is 4.46. The van der Waals surface area contributed by atoms with E-state index in [1.807, 2.05) is 23.5 Å². The first kappa shape index (κ1) is 16.7. The van der Waals surface area contributed by atoms with Crippen molar-refractivity contribution in [2.45, 2.75) is 58.5 Å². The zero-order valence-corrected chi connectivity index (χ0v) is 12.5. The maximum absolute atomic E-state index is 9.72. The van der Waals surface area contributed by atoms with Gasteiger partial charge < -0.3 is 5.11 Å². The van der Waals surface area contributed by atoms with Gasteiger partial charge >= 0.3 is 0 Å². The maximum atomic E-state index is 9.72. The fourth-order valence-electron chi connectivity index (χ4n) is 1.40. The van der Waals surface area contributed by atoms with E-state index in [0.717, 1.165) is 11.5 Å². The third-order valence-electron chi connectivity index (χ3n) is 2.40. The lowest BCUT2D eigenvalue weighted by Gasteiger charge is -2.09. The molecule has 0 bridgehead atoms. The van der Waals surface area contributed by atoms with E-state index in [-0.39, 0.29) is 6.10 Å². The summed E-state index contributed by atoms with van der Waals surface area (Å²) >= 11 is 3.81. The molecule has 0 aliphatic heterocycles. The van der Waals surface area contributed by atoms with Crippen molar-refractivity contribution >= 4 is 23.5 Å². The Morgan fingerprint density at radius 3 is 1.62 bits per heavy atom. The molecule has 98 valence electrons. The Labute approximate surface area is 110 Å². The molecule has 0 saturated heterocycles. The molecule has 16 heavy (non-hydrogen) atoms. The molecule has 0 aliphatic rings. The van der Waals surface area contributed by atoms with Crippen LogP contribution in [0.4, 0.5) is 0 Å². The number of hydrogen-bond acceptors (Lipinski definition) is 3. The summed E-state index contributed by atoms with van der Waals surface area (Å²) in [4.78, 5) is 0. The normalized spacial score (nSPS) is 11.2. The van der Waals surface area contributed by atoms with Gasteiger partial charge in [-0.2, -0.15) is 23.5 Å². The summed E-state index contributed by atoms with van der Waals surface area (Å²) in [7, 11) is 0. The highest BCUT2D eigenvalue weighted by atomic mass is 32.2. The molecule has 0 fully saturated rings. The van der Waals surface area contributed by atoms with Crippen molar-refractivity contribution in [1.29, 1.82) is 0 Å². The Balaban J connectivity index is 3.09. The van der Waals surface area contributed by atoms with Crippen molar-refractivity contribution in [2.24, 2.45) is 0 Å². The summed E-state index contributed by atoms with van der Waals surface area (Å²) in [5, 5.41) is 9.72. The largest absolute Gasteiger partial charge is 0.391 e.